The van der Waals surface area contributed by atoms with Crippen LogP contribution in [0.3, 0.4) is 0 Å². The predicted molar refractivity (Wildman–Crippen MR) is 124 cm³/mol. The van der Waals surface area contributed by atoms with Gasteiger partial charge in [0, 0.05) is 18.3 Å². The third kappa shape index (κ3) is 5.77. The monoisotopic (exact) mass is 419 g/mol. The molecule has 3 aromatic rings. The van der Waals surface area contributed by atoms with E-state index in [4.69, 9.17) is 0 Å². The summed E-state index contributed by atoms with van der Waals surface area (Å²) >= 11 is 1.63. The molecule has 0 spiro atoms. The van der Waals surface area contributed by atoms with E-state index in [-0.39, 0.29) is 5.91 Å². The van der Waals surface area contributed by atoms with E-state index >= 15 is 0 Å². The van der Waals surface area contributed by atoms with Gasteiger partial charge in [0.1, 0.15) is 0 Å². The summed E-state index contributed by atoms with van der Waals surface area (Å²) in [5.74, 6) is 0.782. The van der Waals surface area contributed by atoms with E-state index in [9.17, 15) is 4.79 Å². The van der Waals surface area contributed by atoms with E-state index in [2.05, 4.69) is 45.5 Å². The molecule has 0 radical (unpaired) electrons. The van der Waals surface area contributed by atoms with Crippen molar-refractivity contribution in [2.24, 2.45) is 5.92 Å². The van der Waals surface area contributed by atoms with Crippen molar-refractivity contribution in [2.75, 3.05) is 26.2 Å². The number of benzene rings is 1. The molecule has 1 aliphatic heterocycles. The number of nitrogens with one attached hydrogen (secondary N) is 1. The maximum Gasteiger partial charge on any atom is 0.251 e. The number of nitrogens with zero attached hydrogens (tertiary/aromatic N) is 2. The van der Waals surface area contributed by atoms with Gasteiger partial charge in [0.05, 0.1) is 10.6 Å². The lowest BCUT2D eigenvalue weighted by atomic mass is 9.90. The van der Waals surface area contributed by atoms with Gasteiger partial charge in [0.2, 0.25) is 0 Å². The smallest absolute Gasteiger partial charge is 0.251 e. The van der Waals surface area contributed by atoms with Crippen LogP contribution in [0.15, 0.2) is 66.2 Å². The van der Waals surface area contributed by atoms with Crippen LogP contribution < -0.4 is 5.32 Å². The fourth-order valence-corrected chi connectivity index (χ4v) is 4.79. The molecule has 0 aliphatic carbocycles. The number of carbonyl (C=O) groups is 1. The number of carbonyl (C=O) groups excluding carboxylic acids is 1. The molecule has 4 nitrogen and oxygen atoms in total. The fourth-order valence-electron chi connectivity index (χ4n) is 4.10. The minimum Gasteiger partial charge on any atom is -0.352 e. The van der Waals surface area contributed by atoms with Crippen molar-refractivity contribution in [3.05, 3.63) is 77.3 Å². The summed E-state index contributed by atoms with van der Waals surface area (Å²) in [6.07, 6.45) is 6.43. The summed E-state index contributed by atoms with van der Waals surface area (Å²) in [4.78, 5) is 20.5. The first-order valence-corrected chi connectivity index (χ1v) is 11.7. The molecule has 0 atom stereocenters. The second-order valence-corrected chi connectivity index (χ2v) is 8.94. The Morgan fingerprint density at radius 2 is 1.93 bits per heavy atom. The topological polar surface area (TPSA) is 45.2 Å². The molecule has 4 rings (SSSR count). The quantitative estimate of drug-likeness (QED) is 0.529. The van der Waals surface area contributed by atoms with Gasteiger partial charge in [-0.2, -0.15) is 0 Å². The number of hydrogen-bond donors (Lipinski definition) is 1. The van der Waals surface area contributed by atoms with Crippen LogP contribution in [-0.2, 0) is 6.42 Å². The first kappa shape index (κ1) is 20.8. The van der Waals surface area contributed by atoms with E-state index < -0.39 is 0 Å². The minimum atomic E-state index is -0.0169. The summed E-state index contributed by atoms with van der Waals surface area (Å²) in [5, 5.41) is 5.08. The van der Waals surface area contributed by atoms with Gasteiger partial charge in [-0.15, -0.1) is 11.3 Å². The largest absolute Gasteiger partial charge is 0.352 e. The average molecular weight is 420 g/mol. The van der Waals surface area contributed by atoms with Gasteiger partial charge in [-0.05, 0) is 80.4 Å². The highest BCUT2D eigenvalue weighted by molar-refractivity contribution is 7.13. The molecule has 1 fully saturated rings. The van der Waals surface area contributed by atoms with Crippen LogP contribution in [0.2, 0.25) is 0 Å². The SMILES string of the molecule is O=C(NCCCN1CCC(Cc2ccccc2)CC1)c1ccnc(-c2cccs2)c1. The van der Waals surface area contributed by atoms with Gasteiger partial charge in [-0.25, -0.2) is 0 Å². The number of hydrogen-bond acceptors (Lipinski definition) is 4. The average Bonchev–Trinajstić information content (AvgIpc) is 3.34. The molecule has 1 saturated heterocycles. The van der Waals surface area contributed by atoms with E-state index in [0.29, 0.717) is 12.1 Å². The van der Waals surface area contributed by atoms with E-state index in [0.717, 1.165) is 29.5 Å². The molecule has 1 amide bonds. The predicted octanol–water partition coefficient (Wildman–Crippen LogP) is 4.88. The number of rotatable bonds is 8. The molecule has 0 bridgehead atoms. The lowest BCUT2D eigenvalue weighted by molar-refractivity contribution is 0.0950. The first-order chi connectivity index (χ1) is 14.8. The number of amides is 1. The van der Waals surface area contributed by atoms with Crippen molar-refractivity contribution < 1.29 is 4.79 Å². The summed E-state index contributed by atoms with van der Waals surface area (Å²) in [7, 11) is 0. The van der Waals surface area contributed by atoms with E-state index in [1.165, 1.54) is 37.9 Å². The molecule has 1 aromatic carbocycles. The van der Waals surface area contributed by atoms with Crippen LogP contribution in [0.4, 0.5) is 0 Å². The lowest BCUT2D eigenvalue weighted by Gasteiger charge is -2.32. The second-order valence-electron chi connectivity index (χ2n) is 7.99. The second kappa shape index (κ2) is 10.5. The normalized spacial score (nSPS) is 15.2. The van der Waals surface area contributed by atoms with Gasteiger partial charge >= 0.3 is 0 Å². The molecule has 1 N–H and O–H groups in total. The lowest BCUT2D eigenvalue weighted by Crippen LogP contribution is -2.36. The van der Waals surface area contributed by atoms with Crippen molar-refractivity contribution >= 4 is 17.2 Å². The van der Waals surface area contributed by atoms with Crippen molar-refractivity contribution in [3.8, 4) is 10.6 Å². The highest BCUT2D eigenvalue weighted by Crippen LogP contribution is 2.23. The summed E-state index contributed by atoms with van der Waals surface area (Å²) < 4.78 is 0. The van der Waals surface area contributed by atoms with Gasteiger partial charge in [0.25, 0.3) is 5.91 Å². The van der Waals surface area contributed by atoms with Gasteiger partial charge in [0.15, 0.2) is 0 Å². The molecule has 0 unspecified atom stereocenters. The Kier molecular flexibility index (Phi) is 7.27. The van der Waals surface area contributed by atoms with Crippen LogP contribution in [0.25, 0.3) is 10.6 Å². The van der Waals surface area contributed by atoms with Crippen LogP contribution in [-0.4, -0.2) is 42.0 Å². The number of aromatic nitrogens is 1. The zero-order valence-corrected chi connectivity index (χ0v) is 18.1. The molecular weight excluding hydrogens is 390 g/mol. The Hall–Kier alpha value is -2.50. The fraction of sp³-hybridized carbons (Fsp3) is 0.360. The Labute approximate surface area is 183 Å². The molecule has 30 heavy (non-hydrogen) atoms. The zero-order chi connectivity index (χ0) is 20.6. The standard InChI is InChI=1S/C25H29N3OS/c29-25(22-9-13-26-23(19-22)24-8-4-17-30-24)27-12-5-14-28-15-10-21(11-16-28)18-20-6-2-1-3-7-20/h1-4,6-9,13,17,19,21H,5,10-12,14-16,18H2,(H,27,29). The maximum absolute atomic E-state index is 12.5. The Morgan fingerprint density at radius 3 is 2.70 bits per heavy atom. The summed E-state index contributed by atoms with van der Waals surface area (Å²) in [6.45, 7) is 4.09. The molecule has 2 aromatic heterocycles. The van der Waals surface area contributed by atoms with Crippen molar-refractivity contribution in [1.29, 1.82) is 0 Å². The molecule has 5 heteroatoms. The van der Waals surface area contributed by atoms with Gasteiger partial charge < -0.3 is 10.2 Å². The Morgan fingerprint density at radius 1 is 1.10 bits per heavy atom. The van der Waals surface area contributed by atoms with Crippen LogP contribution in [0.1, 0.15) is 35.2 Å². The molecular formula is C25H29N3OS. The minimum absolute atomic E-state index is 0.0169. The van der Waals surface area contributed by atoms with Crippen molar-refractivity contribution in [1.82, 2.24) is 15.2 Å². The highest BCUT2D eigenvalue weighted by atomic mass is 32.1. The summed E-state index contributed by atoms with van der Waals surface area (Å²) in [6, 6.07) is 18.5. The summed E-state index contributed by atoms with van der Waals surface area (Å²) in [5.41, 5.74) is 2.99. The third-order valence-corrected chi connectivity index (χ3v) is 6.70. The highest BCUT2D eigenvalue weighted by Gasteiger charge is 2.19. The number of piperidine rings is 1. The van der Waals surface area contributed by atoms with Crippen LogP contribution in [0.5, 0.6) is 0 Å². The first-order valence-electron chi connectivity index (χ1n) is 10.8. The third-order valence-electron chi connectivity index (χ3n) is 5.81. The molecule has 3 heterocycles. The van der Waals surface area contributed by atoms with Gasteiger partial charge in [-0.3, -0.25) is 9.78 Å². The Balaban J connectivity index is 1.15. The number of pyridine rings is 1. The van der Waals surface area contributed by atoms with Gasteiger partial charge in [-0.1, -0.05) is 36.4 Å². The van der Waals surface area contributed by atoms with Crippen LogP contribution in [0, 0.1) is 5.92 Å². The zero-order valence-electron chi connectivity index (χ0n) is 17.3. The molecule has 156 valence electrons. The molecule has 0 saturated carbocycles. The van der Waals surface area contributed by atoms with E-state index in [1.54, 1.807) is 23.6 Å². The van der Waals surface area contributed by atoms with E-state index in [1.807, 2.05) is 23.6 Å². The van der Waals surface area contributed by atoms with Crippen molar-refractivity contribution in [3.63, 3.8) is 0 Å². The van der Waals surface area contributed by atoms with Crippen molar-refractivity contribution in [2.45, 2.75) is 25.7 Å². The Bertz CT molecular complexity index is 919. The number of thiophene rings is 1. The maximum atomic E-state index is 12.5. The van der Waals surface area contributed by atoms with Crippen LogP contribution >= 0.6 is 11.3 Å². The number of likely N-dealkylation sites (tertiary alicyclic amines) is 1. The molecule has 1 aliphatic rings.